The summed E-state index contributed by atoms with van der Waals surface area (Å²) >= 11 is 0. The predicted molar refractivity (Wildman–Crippen MR) is 288 cm³/mol. The quantitative estimate of drug-likeness (QED) is 0.0246. The van der Waals surface area contributed by atoms with Gasteiger partial charge < -0.3 is 84.6 Å². The molecule has 0 radical (unpaired) electrons. The summed E-state index contributed by atoms with van der Waals surface area (Å²) in [6, 6.07) is 1.63. The van der Waals surface area contributed by atoms with E-state index < -0.39 is 119 Å². The second-order valence-electron chi connectivity index (χ2n) is 21.2. The molecule has 3 saturated heterocycles. The summed E-state index contributed by atoms with van der Waals surface area (Å²) in [6.45, 7) is 7.17. The van der Waals surface area contributed by atoms with Crippen molar-refractivity contribution in [1.29, 1.82) is 0 Å². The van der Waals surface area contributed by atoms with Crippen molar-refractivity contribution in [2.45, 2.75) is 108 Å². The van der Waals surface area contributed by atoms with Gasteiger partial charge in [-0.1, -0.05) is 19.1 Å². The van der Waals surface area contributed by atoms with E-state index in [1.807, 2.05) is 6.92 Å². The predicted octanol–water partition coefficient (Wildman–Crippen LogP) is -1.10. The highest BCUT2D eigenvalue weighted by atomic mass is 16.7. The SMILES string of the molecule is COc1cccc2c1C(=O)c1c(O)c3c(c(O)c1C2=O)C[C@@](C)(C(=O)NCCNC(=O)[C@H](C)NC(=O)[C@H](CC(N)=O)NC(=O)CCOCCOCCOCCOCCN1C(=O)C=CC1=O)C[C@@H]3O[C@H]1C[C@H]2[C@H](O[C@@H]3[C@@H](OC)OCCN32)[C@H](C)O1. The third-order valence-corrected chi connectivity index (χ3v) is 15.4. The molecule has 84 heavy (non-hydrogen) atoms. The lowest BCUT2D eigenvalue weighted by Gasteiger charge is -2.44. The van der Waals surface area contributed by atoms with Gasteiger partial charge in [0.25, 0.3) is 11.8 Å². The van der Waals surface area contributed by atoms with E-state index in [2.05, 4.69) is 26.2 Å². The van der Waals surface area contributed by atoms with Crippen LogP contribution in [-0.4, -0.2) is 222 Å². The molecule has 4 heterocycles. The van der Waals surface area contributed by atoms with Gasteiger partial charge in [-0.15, -0.1) is 0 Å². The zero-order chi connectivity index (χ0) is 60.4. The van der Waals surface area contributed by atoms with Crippen LogP contribution in [-0.2, 0) is 82.6 Å². The number of methoxy groups -OCH3 is 2. The van der Waals surface area contributed by atoms with Crippen molar-refractivity contribution in [3.63, 3.8) is 0 Å². The number of aromatic hydroxyl groups is 2. The molecule has 3 fully saturated rings. The largest absolute Gasteiger partial charge is 0.507 e. The molecule has 6 aliphatic rings. The summed E-state index contributed by atoms with van der Waals surface area (Å²) in [6.07, 6.45) is -2.60. The number of hydrogen-bond acceptors (Lipinski definition) is 22. The Kier molecular flexibility index (Phi) is 21.2. The first-order valence-electron chi connectivity index (χ1n) is 27.8. The molecule has 7 amide bonds. The minimum Gasteiger partial charge on any atom is -0.507 e. The zero-order valence-corrected chi connectivity index (χ0v) is 47.4. The minimum absolute atomic E-state index is 0.0119. The number of carbonyl (C=O) groups is 9. The third kappa shape index (κ3) is 14.2. The Balaban J connectivity index is 0.815. The van der Waals surface area contributed by atoms with E-state index in [1.54, 1.807) is 6.92 Å². The average molecular weight is 1180 g/mol. The summed E-state index contributed by atoms with van der Waals surface area (Å²) in [4.78, 5) is 120. The maximum absolute atomic E-state index is 14.4. The van der Waals surface area contributed by atoms with E-state index in [4.69, 9.17) is 53.1 Å². The van der Waals surface area contributed by atoms with Crippen LogP contribution in [0.5, 0.6) is 17.2 Å². The van der Waals surface area contributed by atoms with E-state index >= 15 is 0 Å². The average Bonchev–Trinajstić information content (AvgIpc) is 0.907. The second kappa shape index (κ2) is 28.3. The van der Waals surface area contributed by atoms with Gasteiger partial charge in [0.1, 0.15) is 35.4 Å². The Hall–Kier alpha value is -6.99. The van der Waals surface area contributed by atoms with Crippen molar-refractivity contribution in [3.05, 3.63) is 63.7 Å². The first-order valence-corrected chi connectivity index (χ1v) is 27.8. The summed E-state index contributed by atoms with van der Waals surface area (Å²) < 4.78 is 58.0. The number of benzene rings is 2. The van der Waals surface area contributed by atoms with Crippen LogP contribution in [0.2, 0.25) is 0 Å². The number of nitrogens with one attached hydrogen (secondary N) is 4. The van der Waals surface area contributed by atoms with Crippen LogP contribution < -0.4 is 31.7 Å². The molecule has 458 valence electrons. The molecule has 2 aliphatic carbocycles. The fourth-order valence-corrected chi connectivity index (χ4v) is 11.2. The number of ketones is 2. The van der Waals surface area contributed by atoms with Gasteiger partial charge in [0.2, 0.25) is 35.3 Å². The van der Waals surface area contributed by atoms with Crippen molar-refractivity contribution in [2.75, 3.05) is 99.9 Å². The number of hydrogen-bond donors (Lipinski definition) is 7. The lowest BCUT2D eigenvalue weighted by Crippen LogP contribution is -2.55. The van der Waals surface area contributed by atoms with Gasteiger partial charge in [0.15, 0.2) is 24.6 Å². The van der Waals surface area contributed by atoms with E-state index in [-0.39, 0.29) is 150 Å². The summed E-state index contributed by atoms with van der Waals surface area (Å²) in [5, 5.41) is 34.7. The van der Waals surface area contributed by atoms with Crippen molar-refractivity contribution >= 4 is 52.9 Å². The number of carbonyl (C=O) groups excluding carboxylic acids is 9. The molecule has 2 aromatic rings. The van der Waals surface area contributed by atoms with Crippen LogP contribution in [0.1, 0.15) is 95.5 Å². The molecule has 10 atom stereocenters. The summed E-state index contributed by atoms with van der Waals surface area (Å²) in [5.41, 5.74) is 3.00. The Morgan fingerprint density at radius 1 is 0.821 bits per heavy atom. The Bertz CT molecular complexity index is 2850. The maximum Gasteiger partial charge on any atom is 0.253 e. The van der Waals surface area contributed by atoms with Gasteiger partial charge >= 0.3 is 0 Å². The van der Waals surface area contributed by atoms with Gasteiger partial charge in [-0.2, -0.15) is 0 Å². The Morgan fingerprint density at radius 3 is 2.14 bits per heavy atom. The van der Waals surface area contributed by atoms with E-state index in [1.165, 1.54) is 51.5 Å². The van der Waals surface area contributed by atoms with Crippen LogP contribution in [0.25, 0.3) is 0 Å². The Labute approximate surface area is 483 Å². The molecule has 0 aromatic heterocycles. The lowest BCUT2D eigenvalue weighted by atomic mass is 9.68. The molecule has 2 aromatic carbocycles. The van der Waals surface area contributed by atoms with Gasteiger partial charge in [-0.05, 0) is 32.8 Å². The Morgan fingerprint density at radius 2 is 1.48 bits per heavy atom. The fourth-order valence-electron chi connectivity index (χ4n) is 11.2. The molecular formula is C56H73N7O21. The van der Waals surface area contributed by atoms with Crippen LogP contribution >= 0.6 is 0 Å². The molecule has 28 heteroatoms. The monoisotopic (exact) mass is 1180 g/mol. The molecule has 0 saturated carbocycles. The number of amides is 7. The van der Waals surface area contributed by atoms with Crippen molar-refractivity contribution < 1.29 is 101 Å². The number of nitrogens with two attached hydrogens (primary N) is 1. The van der Waals surface area contributed by atoms with Gasteiger partial charge in [-0.25, -0.2) is 0 Å². The number of nitrogens with zero attached hydrogens (tertiary/aromatic N) is 2. The molecule has 28 nitrogen and oxygen atoms in total. The number of rotatable bonds is 29. The minimum atomic E-state index is -1.42. The first kappa shape index (κ1) is 63.0. The summed E-state index contributed by atoms with van der Waals surface area (Å²) in [7, 11) is 2.87. The number of fused-ring (bicyclic) bond motifs is 6. The highest BCUT2D eigenvalue weighted by Gasteiger charge is 2.55. The highest BCUT2D eigenvalue weighted by molar-refractivity contribution is 6.31. The number of morpholine rings is 1. The molecule has 0 bridgehead atoms. The summed E-state index contributed by atoms with van der Waals surface area (Å²) in [5.74, 6) is -6.96. The number of ether oxygens (including phenoxy) is 10. The lowest BCUT2D eigenvalue weighted by molar-refractivity contribution is -0.255. The molecular weight excluding hydrogens is 1110 g/mol. The maximum atomic E-state index is 14.4. The molecule has 4 aliphatic heterocycles. The number of primary amides is 1. The molecule has 8 N–H and O–H groups in total. The number of imide groups is 1. The topological polar surface area (TPSA) is 367 Å². The first-order chi connectivity index (χ1) is 40.3. The van der Waals surface area contributed by atoms with Crippen LogP contribution in [0.4, 0.5) is 0 Å². The van der Waals surface area contributed by atoms with Crippen LogP contribution in [0.3, 0.4) is 0 Å². The third-order valence-electron chi connectivity index (χ3n) is 15.4. The zero-order valence-electron chi connectivity index (χ0n) is 47.4. The van der Waals surface area contributed by atoms with E-state index in [0.717, 1.165) is 4.90 Å². The van der Waals surface area contributed by atoms with Crippen LogP contribution in [0, 0.1) is 5.41 Å². The standard InChI is InChI=1S/C56H73N7O21/c1-29(60-52(73)33(25-37(57)64)61-38(65)11-16-77-19-21-79-23-24-80-22-20-78-17-14-63-39(66)9-10-40(63)67)51(72)58-12-13-59-55(74)56(3)27-32-43(49(71)45-44(47(32)69)46(68)31-7-6-8-35(75-4)42(31)48(45)70)36(28-56)83-41-26-34-50(30(2)82-41)84-53-54(76-5)81-18-15-62(34)53/h6-10,29-30,33-34,36,41,50,53-54,69,71H,11-28H2,1-5H3,(H2,57,64)(H,58,72)(H,59,74)(H,60,73)(H,61,65)/t29-,30-,33-,34-,36-,41-,50+,53+,54-,56+/m0/s1. The molecule has 8 rings (SSSR count). The van der Waals surface area contributed by atoms with Crippen molar-refractivity contribution in [3.8, 4) is 17.2 Å². The molecule has 0 unspecified atom stereocenters. The van der Waals surface area contributed by atoms with E-state index in [0.29, 0.717) is 13.2 Å². The van der Waals surface area contributed by atoms with Crippen LogP contribution in [0.15, 0.2) is 30.4 Å². The van der Waals surface area contributed by atoms with Crippen molar-refractivity contribution in [2.24, 2.45) is 11.1 Å². The number of phenolic OH excluding ortho intramolecular Hbond substituents is 2. The van der Waals surface area contributed by atoms with Gasteiger partial charge in [0.05, 0.1) is 114 Å². The number of phenols is 2. The fraction of sp³-hybridized carbons (Fsp3) is 0.589. The normalized spacial score (nSPS) is 25.0. The molecule has 0 spiro atoms. The second-order valence-corrected chi connectivity index (χ2v) is 21.2. The smallest absolute Gasteiger partial charge is 0.253 e. The van der Waals surface area contributed by atoms with E-state index in [9.17, 15) is 53.4 Å². The van der Waals surface area contributed by atoms with Crippen molar-refractivity contribution in [1.82, 2.24) is 31.1 Å². The van der Waals surface area contributed by atoms with Gasteiger partial charge in [-0.3, -0.25) is 53.0 Å². The van der Waals surface area contributed by atoms with Gasteiger partial charge in [0, 0.05) is 74.5 Å². The highest BCUT2D eigenvalue weighted by Crippen LogP contribution is 2.55.